The Morgan fingerprint density at radius 3 is 1.11 bits per heavy atom. The number of unbranched alkanes of at least 4 members (excludes halogenated alkanes) is 1. The lowest BCUT2D eigenvalue weighted by Gasteiger charge is -2.31. The monoisotopic (exact) mass is 1670 g/mol. The van der Waals surface area contributed by atoms with Crippen molar-refractivity contribution < 1.29 is 121 Å². The van der Waals surface area contributed by atoms with E-state index in [4.69, 9.17) is 45.5 Å². The number of guanidine groups is 1. The number of hydrogen-bond donors (Lipinski definition) is 28. The van der Waals surface area contributed by atoms with Gasteiger partial charge in [0, 0.05) is 13.0 Å². The fourth-order valence-electron chi connectivity index (χ4n) is 10.9. The van der Waals surface area contributed by atoms with Crippen LogP contribution in [0, 0.1) is 29.1 Å². The number of carbonyl (C=O) groups is 20. The van der Waals surface area contributed by atoms with E-state index < -0.39 is 296 Å². The Kier molecular flexibility index (Phi) is 47.6. The SMILES string of the molecule is CC[C@H](C)[C@H](NC(=O)[C@H](CC(N)=O)NC(=O)[C@@H](NC(=O)[C@@H](NC(=O)[C@@H](NC(=O)[C@H](CC(N)=O)NC(=O)[C@H](CCCNC(=N)N)NC(=O)[C@H](C)NC(=O)[C@@H](N)CO)C(C)C)[C@@H](C)O)C(C)C)C(=O)N[C@@H](CC(C)C)C(=O)N[C@@H](CC(N)=O)C(=O)N[C@@H](CC(=O)O)C(=O)N[C@@H](CCC(N)=O)C(=O)N[C@H](C(=O)N[C@@H](CCCCN)C(=O)O)[C@@H](C)O. The number of aliphatic hydroxyl groups is 3. The molecule has 0 spiro atoms. The minimum absolute atomic E-state index is 0.00128. The molecule has 0 aromatic rings. The second kappa shape index (κ2) is 52.9. The zero-order chi connectivity index (χ0) is 90.2. The molecule has 48 nitrogen and oxygen atoms in total. The van der Waals surface area contributed by atoms with Crippen molar-refractivity contribution in [1.29, 1.82) is 5.41 Å². The van der Waals surface area contributed by atoms with Gasteiger partial charge in [-0.1, -0.05) is 61.8 Å². The summed E-state index contributed by atoms with van der Waals surface area (Å²) in [5.74, 6) is -28.3. The minimum Gasteiger partial charge on any atom is -0.481 e. The third-order valence-corrected chi connectivity index (χ3v) is 17.7. The van der Waals surface area contributed by atoms with Crippen LogP contribution in [0.3, 0.4) is 0 Å². The van der Waals surface area contributed by atoms with E-state index in [0.717, 1.165) is 13.8 Å². The van der Waals surface area contributed by atoms with Gasteiger partial charge >= 0.3 is 11.9 Å². The zero-order valence-electron chi connectivity index (χ0n) is 67.4. The van der Waals surface area contributed by atoms with E-state index in [9.17, 15) is 121 Å². The van der Waals surface area contributed by atoms with Crippen LogP contribution < -0.4 is 120 Å². The highest BCUT2D eigenvalue weighted by molar-refractivity contribution is 6.03. The average molecular weight is 1670 g/mol. The van der Waals surface area contributed by atoms with E-state index in [1.165, 1.54) is 41.5 Å². The quantitative estimate of drug-likeness (QED) is 0.0153. The number of primary amides is 4. The first kappa shape index (κ1) is 105. The van der Waals surface area contributed by atoms with Crippen molar-refractivity contribution in [3.05, 3.63) is 0 Å². The van der Waals surface area contributed by atoms with Crippen molar-refractivity contribution >= 4 is 124 Å². The van der Waals surface area contributed by atoms with Gasteiger partial charge in [-0.05, 0) is 95.9 Å². The van der Waals surface area contributed by atoms with Crippen molar-refractivity contribution in [1.82, 2.24) is 79.8 Å². The molecule has 18 atom stereocenters. The molecule has 48 heteroatoms. The van der Waals surface area contributed by atoms with E-state index in [2.05, 4.69) is 79.8 Å². The number of nitrogens with one attached hydrogen (secondary N) is 16. The molecule has 117 heavy (non-hydrogen) atoms. The molecular weight excluding hydrogens is 1550 g/mol. The molecule has 0 aliphatic rings. The number of aliphatic carboxylic acids is 2. The van der Waals surface area contributed by atoms with Gasteiger partial charge in [-0.15, -0.1) is 0 Å². The molecule has 0 saturated carbocycles. The van der Waals surface area contributed by atoms with Gasteiger partial charge in [-0.25, -0.2) is 4.79 Å². The van der Waals surface area contributed by atoms with Gasteiger partial charge in [-0.2, -0.15) is 0 Å². The maximum absolute atomic E-state index is 14.5. The summed E-state index contributed by atoms with van der Waals surface area (Å²) < 4.78 is 0. The lowest BCUT2D eigenvalue weighted by atomic mass is 9.96. The summed E-state index contributed by atoms with van der Waals surface area (Å²) in [7, 11) is 0. The first-order valence-electron chi connectivity index (χ1n) is 37.7. The molecule has 0 saturated heterocycles. The van der Waals surface area contributed by atoms with E-state index in [1.54, 1.807) is 20.8 Å². The molecule has 0 rings (SSSR count). The molecule has 0 aliphatic carbocycles. The third-order valence-electron chi connectivity index (χ3n) is 17.7. The summed E-state index contributed by atoms with van der Waals surface area (Å²) in [6, 6.07) is -26.4. The molecule has 0 aromatic carbocycles. The van der Waals surface area contributed by atoms with Crippen molar-refractivity contribution in [3.8, 4) is 0 Å². The number of carbonyl (C=O) groups excluding carboxylic acids is 18. The Morgan fingerprint density at radius 1 is 0.368 bits per heavy atom. The molecule has 0 fully saturated rings. The van der Waals surface area contributed by atoms with Gasteiger partial charge in [0.2, 0.25) is 106 Å². The predicted molar refractivity (Wildman–Crippen MR) is 412 cm³/mol. The Morgan fingerprint density at radius 2 is 0.701 bits per heavy atom. The summed E-state index contributed by atoms with van der Waals surface area (Å²) >= 11 is 0. The fourth-order valence-corrected chi connectivity index (χ4v) is 10.9. The van der Waals surface area contributed by atoms with Gasteiger partial charge in [0.25, 0.3) is 0 Å². The highest BCUT2D eigenvalue weighted by Gasteiger charge is 2.42. The van der Waals surface area contributed by atoms with Gasteiger partial charge < -0.3 is 145 Å². The topological polar surface area (TPSA) is 829 Å². The molecular formula is C69H121N23O25. The Balaban J connectivity index is 7.07. The zero-order valence-corrected chi connectivity index (χ0v) is 67.4. The molecule has 0 aliphatic heterocycles. The summed E-state index contributed by atoms with van der Waals surface area (Å²) in [5.41, 5.74) is 38.2. The Hall–Kier alpha value is -11.5. The normalized spacial score (nSPS) is 15.8. The second-order valence-electron chi connectivity index (χ2n) is 29.1. The van der Waals surface area contributed by atoms with Crippen molar-refractivity contribution in [2.45, 2.75) is 262 Å². The van der Waals surface area contributed by atoms with E-state index in [-0.39, 0.29) is 51.6 Å². The number of nitrogens with two attached hydrogens (primary N) is 7. The van der Waals surface area contributed by atoms with Crippen LogP contribution in [0.25, 0.3) is 0 Å². The molecule has 0 radical (unpaired) electrons. The number of aliphatic hydroxyl groups excluding tert-OH is 3. The number of amides is 18. The molecule has 0 heterocycles. The number of rotatable bonds is 57. The molecule has 0 bridgehead atoms. The third kappa shape index (κ3) is 40.1. The number of carboxylic acid groups (broad SMARTS) is 2. The van der Waals surface area contributed by atoms with Crippen LogP contribution >= 0.6 is 0 Å². The van der Waals surface area contributed by atoms with Crippen molar-refractivity contribution in [2.24, 2.45) is 63.8 Å². The largest absolute Gasteiger partial charge is 0.481 e. The lowest BCUT2D eigenvalue weighted by molar-refractivity contribution is -0.143. The molecule has 35 N–H and O–H groups in total. The van der Waals surface area contributed by atoms with Gasteiger partial charge in [-0.3, -0.25) is 96.5 Å². The summed E-state index contributed by atoms with van der Waals surface area (Å²) in [4.78, 5) is 268. The number of hydrogen-bond acceptors (Lipinski definition) is 26. The Bertz CT molecular complexity index is 3490. The van der Waals surface area contributed by atoms with Crippen LogP contribution in [0.15, 0.2) is 0 Å². The van der Waals surface area contributed by atoms with Gasteiger partial charge in [0.1, 0.15) is 90.6 Å². The standard InChI is InChI=1S/C69H121N23O25/c1-12-31(8)51(65(113)86-39(22-28(2)3)58(106)84-40(23-45(73)97)59(107)85-43(26-48(100)101)60(108)81-37(18-19-44(72)96)57(105)91-52(33(10)94)66(114)82-38(68(116)117)16-13-14-20-70)90-62(110)42(25-47(75)99)87-63(111)49(29(4)5)89-67(115)53(34(11)95)92-64(112)50(30(6)7)88-61(109)41(24-46(74)98)83-56(104)36(17-15-21-78-69(76)77)80-54(102)32(9)79-55(103)35(71)27-93/h28-43,49-53,93-95H,12-27,70-71H2,1-11H3,(H2,72,96)(H2,73,97)(H2,74,98)(H2,75,99)(H,79,103)(H,80,102)(H,81,108)(H,82,114)(H,83,104)(H,84,106)(H,85,107)(H,86,113)(H,87,111)(H,88,109)(H,89,115)(H,90,110)(H,91,105)(H,92,112)(H,100,101)(H,116,117)(H4,76,77,78)/t31-,32-,33+,34+,35-,36-,37-,38-,39-,40-,41-,42-,43-,49-,50-,51-,52-,53-/m0/s1. The first-order valence-corrected chi connectivity index (χ1v) is 37.7. The van der Waals surface area contributed by atoms with Crippen LogP contribution in [0.5, 0.6) is 0 Å². The molecule has 18 amide bonds. The maximum atomic E-state index is 14.5. The Labute approximate surface area is 674 Å². The number of carboxylic acids is 2. The van der Waals surface area contributed by atoms with E-state index in [0.29, 0.717) is 6.42 Å². The van der Waals surface area contributed by atoms with Gasteiger partial charge in [0.15, 0.2) is 5.96 Å². The summed E-state index contributed by atoms with van der Waals surface area (Å²) in [6.45, 7) is 14.7. The fraction of sp³-hybridized carbons (Fsp3) is 0.696. The summed E-state index contributed by atoms with van der Waals surface area (Å²) in [5, 5.41) is 92.2. The van der Waals surface area contributed by atoms with E-state index in [1.807, 2.05) is 0 Å². The van der Waals surface area contributed by atoms with Crippen LogP contribution in [-0.4, -0.2) is 272 Å². The maximum Gasteiger partial charge on any atom is 0.326 e. The van der Waals surface area contributed by atoms with E-state index >= 15 is 0 Å². The minimum atomic E-state index is -2.20. The molecule has 0 aromatic heterocycles. The first-order chi connectivity index (χ1) is 54.3. The smallest absolute Gasteiger partial charge is 0.326 e. The van der Waals surface area contributed by atoms with Crippen LogP contribution in [0.1, 0.15) is 160 Å². The summed E-state index contributed by atoms with van der Waals surface area (Å²) in [6.07, 6.45) is -8.86. The molecule has 0 unspecified atom stereocenters. The second-order valence-corrected chi connectivity index (χ2v) is 29.1. The predicted octanol–water partition coefficient (Wildman–Crippen LogP) is -11.9. The van der Waals surface area contributed by atoms with Crippen LogP contribution in [0.2, 0.25) is 0 Å². The molecule has 662 valence electrons. The average Bonchev–Trinajstić information content (AvgIpc) is 0.844. The highest BCUT2D eigenvalue weighted by Crippen LogP contribution is 2.16. The highest BCUT2D eigenvalue weighted by atomic mass is 16.4. The van der Waals surface area contributed by atoms with Crippen molar-refractivity contribution in [3.63, 3.8) is 0 Å². The lowest BCUT2D eigenvalue weighted by Crippen LogP contribution is -2.63. The van der Waals surface area contributed by atoms with Crippen LogP contribution in [0.4, 0.5) is 0 Å². The van der Waals surface area contributed by atoms with Crippen LogP contribution in [-0.2, 0) is 95.9 Å². The van der Waals surface area contributed by atoms with Crippen molar-refractivity contribution in [2.75, 3.05) is 19.7 Å². The van der Waals surface area contributed by atoms with Gasteiger partial charge in [0.05, 0.1) is 44.5 Å².